The lowest BCUT2D eigenvalue weighted by molar-refractivity contribution is -0.145. The third kappa shape index (κ3) is 2.77. The third-order valence-corrected chi connectivity index (χ3v) is 4.04. The van der Waals surface area contributed by atoms with Crippen molar-refractivity contribution in [1.82, 2.24) is 9.88 Å². The van der Waals surface area contributed by atoms with Crippen molar-refractivity contribution in [3.05, 3.63) is 36.0 Å². The Morgan fingerprint density at radius 2 is 2.29 bits per heavy atom. The predicted molar refractivity (Wildman–Crippen MR) is 78.7 cm³/mol. The van der Waals surface area contributed by atoms with Crippen LogP contribution in [0.3, 0.4) is 0 Å². The summed E-state index contributed by atoms with van der Waals surface area (Å²) in [5.74, 6) is -0.567. The maximum atomic E-state index is 11.9. The summed E-state index contributed by atoms with van der Waals surface area (Å²) >= 11 is 0. The average molecular weight is 286 g/mol. The van der Waals surface area contributed by atoms with Crippen molar-refractivity contribution < 1.29 is 14.3 Å². The molecule has 0 bridgehead atoms. The number of hydrogen-bond donors (Lipinski definition) is 1. The van der Waals surface area contributed by atoms with Gasteiger partial charge in [0.15, 0.2) is 0 Å². The second kappa shape index (κ2) is 5.60. The van der Waals surface area contributed by atoms with Crippen LogP contribution in [0, 0.1) is 5.92 Å². The molecule has 1 unspecified atom stereocenters. The number of amides is 1. The molecule has 2 heterocycles. The summed E-state index contributed by atoms with van der Waals surface area (Å²) in [4.78, 5) is 28.3. The quantitative estimate of drug-likeness (QED) is 0.871. The van der Waals surface area contributed by atoms with Gasteiger partial charge in [0.05, 0.1) is 13.0 Å². The molecular formula is C16H18N2O3. The number of aromatic amines is 1. The number of likely N-dealkylation sites (tertiary alicyclic amines) is 1. The number of esters is 1. The fourth-order valence-corrected chi connectivity index (χ4v) is 2.84. The van der Waals surface area contributed by atoms with Crippen LogP contribution in [0.15, 0.2) is 30.5 Å². The lowest BCUT2D eigenvalue weighted by Crippen LogP contribution is -2.28. The van der Waals surface area contributed by atoms with Gasteiger partial charge < -0.3 is 14.6 Å². The lowest BCUT2D eigenvalue weighted by Gasteiger charge is -2.16. The molecule has 1 saturated heterocycles. The smallest absolute Gasteiger partial charge is 0.310 e. The van der Waals surface area contributed by atoms with Gasteiger partial charge in [-0.1, -0.05) is 6.07 Å². The van der Waals surface area contributed by atoms with E-state index in [0.29, 0.717) is 13.1 Å². The van der Waals surface area contributed by atoms with Crippen molar-refractivity contribution in [2.75, 3.05) is 20.2 Å². The highest BCUT2D eigenvalue weighted by atomic mass is 16.5. The minimum absolute atomic E-state index is 0.0353. The maximum Gasteiger partial charge on any atom is 0.310 e. The van der Waals surface area contributed by atoms with E-state index in [4.69, 9.17) is 4.74 Å². The number of carbonyl (C=O) groups is 2. The monoisotopic (exact) mass is 286 g/mol. The number of methoxy groups -OCH3 is 1. The second-order valence-electron chi connectivity index (χ2n) is 5.41. The normalized spacial score (nSPS) is 18.4. The molecule has 110 valence electrons. The zero-order valence-electron chi connectivity index (χ0n) is 12.0. The number of nitrogens with zero attached hydrogens (tertiary/aromatic N) is 1. The van der Waals surface area contributed by atoms with E-state index in [1.54, 1.807) is 4.90 Å². The number of carbonyl (C=O) groups excluding carboxylic acids is 2. The van der Waals surface area contributed by atoms with E-state index in [9.17, 15) is 9.59 Å². The number of aromatic nitrogens is 1. The summed E-state index contributed by atoms with van der Waals surface area (Å²) in [6, 6.07) is 8.28. The maximum absolute atomic E-state index is 11.9. The van der Waals surface area contributed by atoms with Crippen molar-refractivity contribution in [2.45, 2.75) is 12.8 Å². The summed E-state index contributed by atoms with van der Waals surface area (Å²) < 4.78 is 4.71. The SMILES string of the molecule is COC(=O)C1CC(=O)N(CCc2ccc3[nH]ccc3c2)C1. The number of nitrogens with one attached hydrogen (secondary N) is 1. The molecule has 5 heteroatoms. The van der Waals surface area contributed by atoms with Gasteiger partial charge in [0.2, 0.25) is 5.91 Å². The van der Waals surface area contributed by atoms with Gasteiger partial charge in [-0.2, -0.15) is 0 Å². The summed E-state index contributed by atoms with van der Waals surface area (Å²) in [5.41, 5.74) is 2.30. The molecule has 1 fully saturated rings. The van der Waals surface area contributed by atoms with Crippen molar-refractivity contribution >= 4 is 22.8 Å². The molecule has 1 aliphatic heterocycles. The molecule has 1 aromatic carbocycles. The predicted octanol–water partition coefficient (Wildman–Crippen LogP) is 1.73. The highest BCUT2D eigenvalue weighted by Crippen LogP contribution is 2.20. The number of H-pyrrole nitrogens is 1. The minimum Gasteiger partial charge on any atom is -0.469 e. The van der Waals surface area contributed by atoms with Crippen LogP contribution in [0.1, 0.15) is 12.0 Å². The summed E-state index contributed by atoms with van der Waals surface area (Å²) in [6.45, 7) is 1.11. The topological polar surface area (TPSA) is 62.4 Å². The molecule has 2 aromatic rings. The summed E-state index contributed by atoms with van der Waals surface area (Å²) in [7, 11) is 1.36. The van der Waals surface area contributed by atoms with Gasteiger partial charge in [-0.3, -0.25) is 9.59 Å². The molecule has 5 nitrogen and oxygen atoms in total. The number of hydrogen-bond acceptors (Lipinski definition) is 3. The molecule has 21 heavy (non-hydrogen) atoms. The van der Waals surface area contributed by atoms with Gasteiger partial charge in [-0.15, -0.1) is 0 Å². The Hall–Kier alpha value is -2.30. The molecule has 1 aliphatic rings. The first-order chi connectivity index (χ1) is 10.2. The van der Waals surface area contributed by atoms with Crippen LogP contribution in [-0.2, 0) is 20.7 Å². The van der Waals surface area contributed by atoms with Crippen LogP contribution in [-0.4, -0.2) is 42.0 Å². The standard InChI is InChI=1S/C16H18N2O3/c1-21-16(20)13-9-15(19)18(10-13)7-5-11-2-3-14-12(8-11)4-6-17-14/h2-4,6,8,13,17H,5,7,9-10H2,1H3. The van der Waals surface area contributed by atoms with Gasteiger partial charge in [0.1, 0.15) is 0 Å². The molecule has 1 N–H and O–H groups in total. The zero-order chi connectivity index (χ0) is 14.8. The Kier molecular flexibility index (Phi) is 3.64. The van der Waals surface area contributed by atoms with Crippen molar-refractivity contribution in [3.8, 4) is 0 Å². The summed E-state index contributed by atoms with van der Waals surface area (Å²) in [6.07, 6.45) is 2.98. The lowest BCUT2D eigenvalue weighted by atomic mass is 10.1. The second-order valence-corrected chi connectivity index (χ2v) is 5.41. The molecule has 0 radical (unpaired) electrons. The van der Waals surface area contributed by atoms with Gasteiger partial charge >= 0.3 is 5.97 Å². The molecule has 0 spiro atoms. The van der Waals surface area contributed by atoms with Gasteiger partial charge in [-0.05, 0) is 35.6 Å². The van der Waals surface area contributed by atoms with E-state index >= 15 is 0 Å². The van der Waals surface area contributed by atoms with Crippen LogP contribution >= 0.6 is 0 Å². The van der Waals surface area contributed by atoms with Crippen molar-refractivity contribution in [3.63, 3.8) is 0 Å². The van der Waals surface area contributed by atoms with E-state index in [-0.39, 0.29) is 24.2 Å². The molecule has 1 atom stereocenters. The first-order valence-electron chi connectivity index (χ1n) is 7.09. The highest BCUT2D eigenvalue weighted by Gasteiger charge is 2.34. The van der Waals surface area contributed by atoms with Crippen LogP contribution in [0.2, 0.25) is 0 Å². The van der Waals surface area contributed by atoms with Crippen LogP contribution in [0.5, 0.6) is 0 Å². The van der Waals surface area contributed by atoms with E-state index in [0.717, 1.165) is 11.9 Å². The Labute approximate surface area is 122 Å². The highest BCUT2D eigenvalue weighted by molar-refractivity contribution is 5.86. The molecule has 1 aromatic heterocycles. The number of benzene rings is 1. The Morgan fingerprint density at radius 3 is 3.10 bits per heavy atom. The van der Waals surface area contributed by atoms with E-state index in [1.807, 2.05) is 18.3 Å². The summed E-state index contributed by atoms with van der Waals surface area (Å²) in [5, 5.41) is 1.17. The van der Waals surface area contributed by atoms with Crippen LogP contribution in [0.25, 0.3) is 10.9 Å². The Morgan fingerprint density at radius 1 is 1.43 bits per heavy atom. The van der Waals surface area contributed by atoms with Gasteiger partial charge in [-0.25, -0.2) is 0 Å². The zero-order valence-corrected chi connectivity index (χ0v) is 12.0. The van der Waals surface area contributed by atoms with E-state index in [1.165, 1.54) is 18.1 Å². The van der Waals surface area contributed by atoms with Gasteiger partial charge in [0.25, 0.3) is 0 Å². The van der Waals surface area contributed by atoms with Crippen LogP contribution < -0.4 is 0 Å². The van der Waals surface area contributed by atoms with Crippen molar-refractivity contribution in [2.24, 2.45) is 5.92 Å². The number of fused-ring (bicyclic) bond motifs is 1. The fraction of sp³-hybridized carbons (Fsp3) is 0.375. The third-order valence-electron chi connectivity index (χ3n) is 4.04. The van der Waals surface area contributed by atoms with Crippen LogP contribution in [0.4, 0.5) is 0 Å². The molecular weight excluding hydrogens is 268 g/mol. The average Bonchev–Trinajstić information content (AvgIpc) is 3.10. The molecule has 1 amide bonds. The fourth-order valence-electron chi connectivity index (χ4n) is 2.84. The minimum atomic E-state index is -0.311. The largest absolute Gasteiger partial charge is 0.469 e. The first-order valence-corrected chi connectivity index (χ1v) is 7.09. The molecule has 3 rings (SSSR count). The Balaban J connectivity index is 1.62. The van der Waals surface area contributed by atoms with E-state index < -0.39 is 0 Å². The van der Waals surface area contributed by atoms with Crippen molar-refractivity contribution in [1.29, 1.82) is 0 Å². The molecule has 0 saturated carbocycles. The molecule has 0 aliphatic carbocycles. The number of ether oxygens (including phenoxy) is 1. The number of rotatable bonds is 4. The Bertz CT molecular complexity index is 677. The van der Waals surface area contributed by atoms with Gasteiger partial charge in [0, 0.05) is 31.2 Å². The van der Waals surface area contributed by atoms with E-state index in [2.05, 4.69) is 17.1 Å². The first kappa shape index (κ1) is 13.7.